The number of aryl methyl sites for hydroxylation is 2. The highest BCUT2D eigenvalue weighted by Crippen LogP contribution is 2.32. The second kappa shape index (κ2) is 6.20. The molecule has 0 aliphatic carbocycles. The maximum atomic E-state index is 11.6. The fourth-order valence-electron chi connectivity index (χ4n) is 2.74. The van der Waals surface area contributed by atoms with Crippen molar-refractivity contribution >= 4 is 5.97 Å². The Morgan fingerprint density at radius 1 is 1.37 bits per heavy atom. The Morgan fingerprint density at radius 2 is 2.16 bits per heavy atom. The van der Waals surface area contributed by atoms with E-state index in [-0.39, 0.29) is 5.97 Å². The van der Waals surface area contributed by atoms with Gasteiger partial charge in [-0.05, 0) is 56.8 Å². The van der Waals surface area contributed by atoms with E-state index in [2.05, 4.69) is 36.9 Å². The first-order chi connectivity index (χ1) is 9.11. The zero-order valence-corrected chi connectivity index (χ0v) is 12.1. The smallest absolute Gasteiger partial charge is 0.320 e. The van der Waals surface area contributed by atoms with Crippen LogP contribution in [-0.2, 0) is 9.53 Å². The first-order valence-corrected chi connectivity index (χ1v) is 7.08. The third-order valence-corrected chi connectivity index (χ3v) is 3.92. The van der Waals surface area contributed by atoms with Crippen LogP contribution in [0.2, 0.25) is 0 Å². The minimum Gasteiger partial charge on any atom is -0.465 e. The molecular formula is C16H23NO2. The summed E-state index contributed by atoms with van der Waals surface area (Å²) in [5.41, 5.74) is 3.96. The van der Waals surface area contributed by atoms with Gasteiger partial charge in [0.15, 0.2) is 0 Å². The molecule has 1 heterocycles. The van der Waals surface area contributed by atoms with Crippen molar-refractivity contribution in [2.24, 2.45) is 0 Å². The summed E-state index contributed by atoms with van der Waals surface area (Å²) in [4.78, 5) is 13.9. The van der Waals surface area contributed by atoms with Gasteiger partial charge in [0.1, 0.15) is 0 Å². The van der Waals surface area contributed by atoms with E-state index in [4.69, 9.17) is 4.74 Å². The number of ether oxygens (including phenoxy) is 1. The molecule has 1 fully saturated rings. The summed E-state index contributed by atoms with van der Waals surface area (Å²) in [5.74, 6) is -0.113. The third kappa shape index (κ3) is 3.35. The lowest BCUT2D eigenvalue weighted by Crippen LogP contribution is -2.30. The fourth-order valence-corrected chi connectivity index (χ4v) is 2.74. The monoisotopic (exact) mass is 261 g/mol. The van der Waals surface area contributed by atoms with E-state index >= 15 is 0 Å². The molecule has 0 amide bonds. The quantitative estimate of drug-likeness (QED) is 0.780. The molecule has 1 aliphatic heterocycles. The van der Waals surface area contributed by atoms with Crippen LogP contribution in [0, 0.1) is 13.8 Å². The van der Waals surface area contributed by atoms with Crippen LogP contribution >= 0.6 is 0 Å². The van der Waals surface area contributed by atoms with E-state index in [9.17, 15) is 4.79 Å². The molecule has 3 nitrogen and oxygen atoms in total. The molecule has 2 rings (SSSR count). The molecule has 0 bridgehead atoms. The van der Waals surface area contributed by atoms with Crippen LogP contribution in [0.4, 0.5) is 0 Å². The third-order valence-electron chi connectivity index (χ3n) is 3.92. The van der Waals surface area contributed by atoms with Crippen molar-refractivity contribution < 1.29 is 9.53 Å². The lowest BCUT2D eigenvalue weighted by molar-refractivity contribution is -0.144. The number of esters is 1. The van der Waals surface area contributed by atoms with Crippen molar-refractivity contribution in [2.75, 3.05) is 19.7 Å². The number of hydrogen-bond acceptors (Lipinski definition) is 3. The molecule has 1 atom stereocenters. The van der Waals surface area contributed by atoms with Crippen LogP contribution in [0.3, 0.4) is 0 Å². The highest BCUT2D eigenvalue weighted by Gasteiger charge is 2.27. The van der Waals surface area contributed by atoms with Gasteiger partial charge in [0.25, 0.3) is 0 Å². The van der Waals surface area contributed by atoms with Gasteiger partial charge in [0.05, 0.1) is 13.2 Å². The molecule has 0 N–H and O–H groups in total. The number of nitrogens with zero attached hydrogens (tertiary/aromatic N) is 1. The van der Waals surface area contributed by atoms with Crippen LogP contribution < -0.4 is 0 Å². The van der Waals surface area contributed by atoms with Crippen molar-refractivity contribution in [3.63, 3.8) is 0 Å². The van der Waals surface area contributed by atoms with Crippen LogP contribution in [0.25, 0.3) is 0 Å². The minimum atomic E-state index is -0.113. The SMILES string of the molecule is CCOC(=O)CN1CCCC1c1ccc(C)c(C)c1. The van der Waals surface area contributed by atoms with Crippen LogP contribution in [0.1, 0.15) is 42.5 Å². The van der Waals surface area contributed by atoms with Gasteiger partial charge >= 0.3 is 5.97 Å². The number of benzene rings is 1. The van der Waals surface area contributed by atoms with Gasteiger partial charge in [0, 0.05) is 6.04 Å². The topological polar surface area (TPSA) is 29.5 Å². The summed E-state index contributed by atoms with van der Waals surface area (Å²) in [6.45, 7) is 7.97. The zero-order chi connectivity index (χ0) is 13.8. The normalized spacial score (nSPS) is 19.6. The van der Waals surface area contributed by atoms with Crippen molar-refractivity contribution in [1.29, 1.82) is 0 Å². The summed E-state index contributed by atoms with van der Waals surface area (Å²) in [6, 6.07) is 6.98. The standard InChI is InChI=1S/C16H23NO2/c1-4-19-16(18)11-17-9-5-6-15(17)14-8-7-12(2)13(3)10-14/h7-8,10,15H,4-6,9,11H2,1-3H3. The Balaban J connectivity index is 2.09. The van der Waals surface area contributed by atoms with Crippen LogP contribution in [0.5, 0.6) is 0 Å². The molecule has 1 unspecified atom stereocenters. The summed E-state index contributed by atoms with van der Waals surface area (Å²) in [6.07, 6.45) is 2.28. The van der Waals surface area contributed by atoms with Gasteiger partial charge < -0.3 is 4.74 Å². The first kappa shape index (κ1) is 14.1. The summed E-state index contributed by atoms with van der Waals surface area (Å²) >= 11 is 0. The van der Waals surface area contributed by atoms with E-state index in [0.717, 1.165) is 19.4 Å². The molecule has 1 aromatic rings. The second-order valence-electron chi connectivity index (χ2n) is 5.28. The lowest BCUT2D eigenvalue weighted by Gasteiger charge is -2.24. The summed E-state index contributed by atoms with van der Waals surface area (Å²) < 4.78 is 5.05. The Kier molecular flexibility index (Phi) is 4.59. The molecule has 3 heteroatoms. The maximum absolute atomic E-state index is 11.6. The Hall–Kier alpha value is -1.35. The van der Waals surface area contributed by atoms with Gasteiger partial charge in [-0.2, -0.15) is 0 Å². The molecule has 1 aliphatic rings. The molecule has 0 saturated carbocycles. The van der Waals surface area contributed by atoms with Gasteiger partial charge in [-0.3, -0.25) is 9.69 Å². The average Bonchev–Trinajstić information content (AvgIpc) is 2.81. The van der Waals surface area contributed by atoms with Crippen LogP contribution in [0.15, 0.2) is 18.2 Å². The molecular weight excluding hydrogens is 238 g/mol. The van der Waals surface area contributed by atoms with Crippen molar-refractivity contribution in [2.45, 2.75) is 39.7 Å². The summed E-state index contributed by atoms with van der Waals surface area (Å²) in [7, 11) is 0. The lowest BCUT2D eigenvalue weighted by atomic mass is 9.99. The second-order valence-corrected chi connectivity index (χ2v) is 5.28. The van der Waals surface area contributed by atoms with Gasteiger partial charge in [-0.1, -0.05) is 18.2 Å². The summed E-state index contributed by atoms with van der Waals surface area (Å²) in [5, 5.41) is 0. The van der Waals surface area contributed by atoms with E-state index < -0.39 is 0 Å². The first-order valence-electron chi connectivity index (χ1n) is 7.08. The van der Waals surface area contributed by atoms with E-state index in [1.807, 2.05) is 6.92 Å². The predicted octanol–water partition coefficient (Wildman–Crippen LogP) is 3.00. The van der Waals surface area contributed by atoms with Crippen LogP contribution in [-0.4, -0.2) is 30.6 Å². The molecule has 1 saturated heterocycles. The fraction of sp³-hybridized carbons (Fsp3) is 0.562. The molecule has 0 spiro atoms. The number of carbonyl (C=O) groups is 1. The highest BCUT2D eigenvalue weighted by molar-refractivity contribution is 5.71. The van der Waals surface area contributed by atoms with Gasteiger partial charge in [-0.15, -0.1) is 0 Å². The Morgan fingerprint density at radius 3 is 2.84 bits per heavy atom. The Bertz CT molecular complexity index is 456. The molecule has 1 aromatic carbocycles. The van der Waals surface area contributed by atoms with E-state index in [1.54, 1.807) is 0 Å². The van der Waals surface area contributed by atoms with E-state index in [1.165, 1.54) is 16.7 Å². The predicted molar refractivity (Wildman–Crippen MR) is 76.1 cm³/mol. The van der Waals surface area contributed by atoms with Gasteiger partial charge in [-0.25, -0.2) is 0 Å². The maximum Gasteiger partial charge on any atom is 0.320 e. The minimum absolute atomic E-state index is 0.113. The molecule has 0 radical (unpaired) electrons. The number of hydrogen-bond donors (Lipinski definition) is 0. The Labute approximate surface area is 115 Å². The van der Waals surface area contributed by atoms with Crippen molar-refractivity contribution in [3.8, 4) is 0 Å². The molecule has 104 valence electrons. The number of likely N-dealkylation sites (tertiary alicyclic amines) is 1. The molecule has 0 aromatic heterocycles. The van der Waals surface area contributed by atoms with E-state index in [0.29, 0.717) is 19.2 Å². The number of carbonyl (C=O) groups excluding carboxylic acids is 1. The van der Waals surface area contributed by atoms with Crippen molar-refractivity contribution in [1.82, 2.24) is 4.90 Å². The van der Waals surface area contributed by atoms with Crippen molar-refractivity contribution in [3.05, 3.63) is 34.9 Å². The largest absolute Gasteiger partial charge is 0.465 e. The average molecular weight is 261 g/mol. The highest BCUT2D eigenvalue weighted by atomic mass is 16.5. The van der Waals surface area contributed by atoms with Gasteiger partial charge in [0.2, 0.25) is 0 Å². The zero-order valence-electron chi connectivity index (χ0n) is 12.1. The number of rotatable bonds is 4. The molecule has 19 heavy (non-hydrogen) atoms.